The van der Waals surface area contributed by atoms with E-state index in [9.17, 15) is 9.90 Å². The van der Waals surface area contributed by atoms with Gasteiger partial charge in [0.05, 0.1) is 11.2 Å². The molecule has 3 rings (SSSR count). The van der Waals surface area contributed by atoms with Gasteiger partial charge in [0.15, 0.2) is 0 Å². The van der Waals surface area contributed by atoms with Gasteiger partial charge in [-0.15, -0.1) is 0 Å². The number of pyridine rings is 1. The minimum absolute atomic E-state index is 0.309. The largest absolute Gasteiger partial charge is 0.478 e. The van der Waals surface area contributed by atoms with Gasteiger partial charge in [0.2, 0.25) is 0 Å². The van der Waals surface area contributed by atoms with Gasteiger partial charge in [0.25, 0.3) is 0 Å². The van der Waals surface area contributed by atoms with Crippen LogP contribution in [-0.4, -0.2) is 28.6 Å². The van der Waals surface area contributed by atoms with Crippen LogP contribution in [0.5, 0.6) is 0 Å². The van der Waals surface area contributed by atoms with E-state index < -0.39 is 5.97 Å². The van der Waals surface area contributed by atoms with Crippen molar-refractivity contribution in [1.82, 2.24) is 4.98 Å². The zero-order chi connectivity index (χ0) is 14.1. The van der Waals surface area contributed by atoms with Crippen LogP contribution in [0.25, 0.3) is 10.9 Å². The Morgan fingerprint density at radius 2 is 2.25 bits per heavy atom. The average molecular weight is 270 g/mol. The predicted octanol–water partition coefficient (Wildman–Crippen LogP) is 3.31. The molecule has 1 unspecified atom stereocenters. The number of nitrogens with zero attached hydrogens (tertiary/aromatic N) is 2. The molecule has 0 radical (unpaired) electrons. The van der Waals surface area contributed by atoms with Crippen LogP contribution in [0.15, 0.2) is 30.5 Å². The van der Waals surface area contributed by atoms with Crippen LogP contribution >= 0.6 is 0 Å². The van der Waals surface area contributed by atoms with Crippen molar-refractivity contribution in [2.75, 3.05) is 11.4 Å². The highest BCUT2D eigenvalue weighted by Gasteiger charge is 2.28. The minimum atomic E-state index is -0.903. The van der Waals surface area contributed by atoms with Crippen molar-refractivity contribution in [3.8, 4) is 0 Å². The summed E-state index contributed by atoms with van der Waals surface area (Å²) in [5.41, 5.74) is 2.01. The van der Waals surface area contributed by atoms with E-state index in [2.05, 4.69) is 16.8 Å². The van der Waals surface area contributed by atoms with Crippen molar-refractivity contribution >= 4 is 22.6 Å². The zero-order valence-corrected chi connectivity index (χ0v) is 11.5. The van der Waals surface area contributed by atoms with E-state index in [1.165, 1.54) is 6.20 Å². The molecule has 0 spiro atoms. The van der Waals surface area contributed by atoms with E-state index in [1.54, 1.807) is 0 Å². The summed E-state index contributed by atoms with van der Waals surface area (Å²) in [6.45, 7) is 3.08. The van der Waals surface area contributed by atoms with Crippen LogP contribution in [0.3, 0.4) is 0 Å². The molecule has 1 fully saturated rings. The van der Waals surface area contributed by atoms with Gasteiger partial charge in [0.1, 0.15) is 5.56 Å². The quantitative estimate of drug-likeness (QED) is 0.929. The molecule has 1 aliphatic heterocycles. The standard InChI is InChI=1S/C16H18N2O2/c1-2-11-6-5-9-18(11)15-12-7-3-4-8-14(12)17-10-13(15)16(19)20/h3-4,7-8,10-11H,2,5-6,9H2,1H3,(H,19,20). The van der Waals surface area contributed by atoms with Crippen LogP contribution < -0.4 is 4.90 Å². The molecule has 0 saturated carbocycles. The molecule has 1 atom stereocenters. The lowest BCUT2D eigenvalue weighted by atomic mass is 10.1. The zero-order valence-electron chi connectivity index (χ0n) is 11.5. The predicted molar refractivity (Wildman–Crippen MR) is 79.4 cm³/mol. The van der Waals surface area contributed by atoms with Gasteiger partial charge in [-0.2, -0.15) is 0 Å². The lowest BCUT2D eigenvalue weighted by Gasteiger charge is -2.28. The number of carboxylic acid groups (broad SMARTS) is 1. The topological polar surface area (TPSA) is 53.4 Å². The SMILES string of the molecule is CCC1CCCN1c1c(C(=O)O)cnc2ccccc12. The first-order valence-corrected chi connectivity index (χ1v) is 7.10. The fraction of sp³-hybridized carbons (Fsp3) is 0.375. The van der Waals surface area contributed by atoms with Gasteiger partial charge in [-0.1, -0.05) is 25.1 Å². The highest BCUT2D eigenvalue weighted by molar-refractivity contribution is 6.04. The Morgan fingerprint density at radius 3 is 3.00 bits per heavy atom. The van der Waals surface area contributed by atoms with E-state index >= 15 is 0 Å². The molecular formula is C16H18N2O2. The van der Waals surface area contributed by atoms with E-state index in [-0.39, 0.29) is 0 Å². The summed E-state index contributed by atoms with van der Waals surface area (Å²) in [7, 11) is 0. The third-order valence-electron chi connectivity index (χ3n) is 4.11. The molecule has 104 valence electrons. The van der Waals surface area contributed by atoms with Gasteiger partial charge >= 0.3 is 5.97 Å². The Hall–Kier alpha value is -2.10. The number of carbonyl (C=O) groups is 1. The molecule has 0 aliphatic carbocycles. The van der Waals surface area contributed by atoms with Crippen LogP contribution in [0.4, 0.5) is 5.69 Å². The number of rotatable bonds is 3. The number of aromatic nitrogens is 1. The number of carboxylic acids is 1. The summed E-state index contributed by atoms with van der Waals surface area (Å²) in [4.78, 5) is 18.1. The number of fused-ring (bicyclic) bond motifs is 1. The van der Waals surface area contributed by atoms with Crippen LogP contribution in [0.1, 0.15) is 36.5 Å². The summed E-state index contributed by atoms with van der Waals surface area (Å²) in [6.07, 6.45) is 4.78. The van der Waals surface area contributed by atoms with E-state index in [0.717, 1.165) is 42.4 Å². The van der Waals surface area contributed by atoms with Gasteiger partial charge in [-0.05, 0) is 25.3 Å². The van der Waals surface area contributed by atoms with Crippen LogP contribution in [-0.2, 0) is 0 Å². The molecule has 1 N–H and O–H groups in total. The first-order chi connectivity index (χ1) is 9.72. The van der Waals surface area contributed by atoms with E-state index in [0.29, 0.717) is 11.6 Å². The number of hydrogen-bond donors (Lipinski definition) is 1. The van der Waals surface area contributed by atoms with Gasteiger partial charge in [-0.3, -0.25) is 4.98 Å². The maximum absolute atomic E-state index is 11.6. The Morgan fingerprint density at radius 1 is 1.45 bits per heavy atom. The first kappa shape index (κ1) is 12.9. The Balaban J connectivity index is 2.24. The molecule has 4 nitrogen and oxygen atoms in total. The third-order valence-corrected chi connectivity index (χ3v) is 4.11. The lowest BCUT2D eigenvalue weighted by Crippen LogP contribution is -2.30. The molecule has 2 aromatic rings. The monoisotopic (exact) mass is 270 g/mol. The Kier molecular flexibility index (Phi) is 3.30. The molecular weight excluding hydrogens is 252 g/mol. The fourth-order valence-electron chi connectivity index (χ4n) is 3.15. The van der Waals surface area contributed by atoms with Crippen molar-refractivity contribution in [2.45, 2.75) is 32.2 Å². The minimum Gasteiger partial charge on any atom is -0.478 e. The van der Waals surface area contributed by atoms with Gasteiger partial charge < -0.3 is 10.0 Å². The second-order valence-corrected chi connectivity index (χ2v) is 5.24. The molecule has 1 aromatic heterocycles. The number of aromatic carboxylic acids is 1. The highest BCUT2D eigenvalue weighted by atomic mass is 16.4. The van der Waals surface area contributed by atoms with Crippen LogP contribution in [0.2, 0.25) is 0 Å². The summed E-state index contributed by atoms with van der Waals surface area (Å²) in [5, 5.41) is 10.4. The summed E-state index contributed by atoms with van der Waals surface area (Å²) in [6, 6.07) is 8.20. The van der Waals surface area contributed by atoms with Crippen molar-refractivity contribution in [3.05, 3.63) is 36.0 Å². The molecule has 1 aromatic carbocycles. The summed E-state index contributed by atoms with van der Waals surface area (Å²) in [5.74, 6) is -0.903. The number of hydrogen-bond acceptors (Lipinski definition) is 3. The molecule has 2 heterocycles. The fourth-order valence-corrected chi connectivity index (χ4v) is 3.15. The number of anilines is 1. The molecule has 1 aliphatic rings. The highest BCUT2D eigenvalue weighted by Crippen LogP contribution is 2.35. The Bertz CT molecular complexity index is 654. The average Bonchev–Trinajstić information content (AvgIpc) is 2.93. The third kappa shape index (κ3) is 2.01. The molecule has 0 bridgehead atoms. The second-order valence-electron chi connectivity index (χ2n) is 5.24. The second kappa shape index (κ2) is 5.12. The summed E-state index contributed by atoms with van der Waals surface area (Å²) < 4.78 is 0. The van der Waals surface area contributed by atoms with Crippen molar-refractivity contribution < 1.29 is 9.90 Å². The van der Waals surface area contributed by atoms with Crippen molar-refractivity contribution in [3.63, 3.8) is 0 Å². The molecule has 1 saturated heterocycles. The molecule has 20 heavy (non-hydrogen) atoms. The van der Waals surface area contributed by atoms with Gasteiger partial charge in [-0.25, -0.2) is 4.79 Å². The maximum Gasteiger partial charge on any atom is 0.339 e. The van der Waals surface area contributed by atoms with E-state index in [4.69, 9.17) is 0 Å². The normalized spacial score (nSPS) is 18.6. The molecule has 4 heteroatoms. The van der Waals surface area contributed by atoms with Crippen molar-refractivity contribution in [1.29, 1.82) is 0 Å². The maximum atomic E-state index is 11.6. The summed E-state index contributed by atoms with van der Waals surface area (Å²) >= 11 is 0. The smallest absolute Gasteiger partial charge is 0.339 e. The number of para-hydroxylation sites is 1. The lowest BCUT2D eigenvalue weighted by molar-refractivity contribution is 0.0697. The van der Waals surface area contributed by atoms with Gasteiger partial charge in [0, 0.05) is 24.2 Å². The Labute approximate surface area is 118 Å². The van der Waals surface area contributed by atoms with Crippen molar-refractivity contribution in [2.24, 2.45) is 0 Å². The van der Waals surface area contributed by atoms with E-state index in [1.807, 2.05) is 24.3 Å². The molecule has 0 amide bonds. The number of benzene rings is 1. The van der Waals surface area contributed by atoms with Crippen LogP contribution in [0, 0.1) is 0 Å². The first-order valence-electron chi connectivity index (χ1n) is 7.10.